The maximum Gasteiger partial charge on any atom is 0.170 e. The Morgan fingerprint density at radius 1 is 0.789 bits per heavy atom. The Morgan fingerprint density at radius 2 is 1.32 bits per heavy atom. The van der Waals surface area contributed by atoms with Crippen molar-refractivity contribution < 1.29 is 18.4 Å². The van der Waals surface area contributed by atoms with Crippen molar-refractivity contribution in [1.82, 2.24) is 0 Å². The number of hydrogen-bond donors (Lipinski definition) is 0. The molecular weight excluding hydrogens is 250 g/mol. The fourth-order valence-electron chi connectivity index (χ4n) is 1.69. The molecule has 0 aliphatic carbocycles. The Labute approximate surface area is 108 Å². The third-order valence-electron chi connectivity index (χ3n) is 2.60. The van der Waals surface area contributed by atoms with Crippen LogP contribution in [0.25, 0.3) is 0 Å². The molecule has 96 valence electrons. The van der Waals surface area contributed by atoms with Crippen molar-refractivity contribution in [2.24, 2.45) is 0 Å². The zero-order valence-corrected chi connectivity index (χ0v) is 9.90. The molecule has 19 heavy (non-hydrogen) atoms. The lowest BCUT2D eigenvalue weighted by Gasteiger charge is -2.02. The predicted octanol–water partition coefficient (Wildman–Crippen LogP) is 3.42. The van der Waals surface area contributed by atoms with Gasteiger partial charge >= 0.3 is 0 Å². The molecule has 4 heteroatoms. The summed E-state index contributed by atoms with van der Waals surface area (Å²) in [5.74, 6) is -2.66. The molecule has 0 heterocycles. The smallest absolute Gasteiger partial charge is 0.170 e. The average Bonchev–Trinajstić information content (AvgIpc) is 2.38. The molecule has 0 unspecified atom stereocenters. The van der Waals surface area contributed by atoms with Crippen LogP contribution < -0.4 is 0 Å². The van der Waals surface area contributed by atoms with E-state index in [-0.39, 0.29) is 11.3 Å². The maximum atomic E-state index is 13.0. The number of halogens is 2. The second kappa shape index (κ2) is 5.52. The summed E-state index contributed by atoms with van der Waals surface area (Å²) in [6.45, 7) is 0. The third-order valence-corrected chi connectivity index (χ3v) is 2.60. The summed E-state index contributed by atoms with van der Waals surface area (Å²) >= 11 is 0. The third kappa shape index (κ3) is 3.31. The van der Waals surface area contributed by atoms with Gasteiger partial charge < -0.3 is 0 Å². The van der Waals surface area contributed by atoms with E-state index < -0.39 is 23.8 Å². The van der Waals surface area contributed by atoms with Crippen molar-refractivity contribution in [3.05, 3.63) is 71.3 Å². The van der Waals surface area contributed by atoms with Gasteiger partial charge in [-0.25, -0.2) is 8.78 Å². The molecule has 0 aliphatic rings. The van der Waals surface area contributed by atoms with E-state index in [1.54, 1.807) is 30.3 Å². The number of benzene rings is 2. The number of carbonyl (C=O) groups is 2. The molecule has 0 aliphatic heterocycles. The molecule has 2 rings (SSSR count). The number of ketones is 2. The molecule has 0 amide bonds. The fraction of sp³-hybridized carbons (Fsp3) is 0.0667. The van der Waals surface area contributed by atoms with Gasteiger partial charge in [-0.1, -0.05) is 30.3 Å². The lowest BCUT2D eigenvalue weighted by molar-refractivity contribution is 0.0893. The summed E-state index contributed by atoms with van der Waals surface area (Å²) in [4.78, 5) is 23.6. The topological polar surface area (TPSA) is 34.1 Å². The molecule has 0 spiro atoms. The Bertz CT molecular complexity index is 601. The van der Waals surface area contributed by atoms with Crippen LogP contribution in [0.5, 0.6) is 0 Å². The molecule has 0 aromatic heterocycles. The van der Waals surface area contributed by atoms with Gasteiger partial charge in [0.15, 0.2) is 11.6 Å². The minimum atomic E-state index is -0.837. The molecular formula is C15H10F2O2. The number of rotatable bonds is 4. The molecule has 0 bridgehead atoms. The van der Waals surface area contributed by atoms with Crippen LogP contribution in [0.2, 0.25) is 0 Å². The highest BCUT2D eigenvalue weighted by molar-refractivity contribution is 6.13. The molecule has 2 aromatic carbocycles. The van der Waals surface area contributed by atoms with Crippen LogP contribution >= 0.6 is 0 Å². The second-order valence-electron chi connectivity index (χ2n) is 4.05. The van der Waals surface area contributed by atoms with E-state index in [4.69, 9.17) is 0 Å². The minimum Gasteiger partial charge on any atom is -0.294 e. The number of carbonyl (C=O) groups excluding carboxylic acids is 2. The van der Waals surface area contributed by atoms with Crippen LogP contribution in [0.3, 0.4) is 0 Å². The van der Waals surface area contributed by atoms with Crippen LogP contribution in [0.4, 0.5) is 8.78 Å². The summed E-state index contributed by atoms with van der Waals surface area (Å²) in [6, 6.07) is 10.8. The van der Waals surface area contributed by atoms with E-state index in [1.807, 2.05) is 0 Å². The van der Waals surface area contributed by atoms with E-state index in [2.05, 4.69) is 0 Å². The van der Waals surface area contributed by atoms with Crippen molar-refractivity contribution >= 4 is 11.6 Å². The minimum absolute atomic E-state index is 0.137. The van der Waals surface area contributed by atoms with Gasteiger partial charge in [0.05, 0.1) is 6.42 Å². The van der Waals surface area contributed by atoms with Crippen molar-refractivity contribution in [3.8, 4) is 0 Å². The van der Waals surface area contributed by atoms with Crippen LogP contribution in [-0.4, -0.2) is 11.6 Å². The first-order chi connectivity index (χ1) is 9.06. The Hall–Kier alpha value is -2.36. The zero-order valence-electron chi connectivity index (χ0n) is 9.90. The average molecular weight is 260 g/mol. The van der Waals surface area contributed by atoms with Crippen LogP contribution in [-0.2, 0) is 0 Å². The fourth-order valence-corrected chi connectivity index (χ4v) is 1.69. The first-order valence-electron chi connectivity index (χ1n) is 5.64. The zero-order chi connectivity index (χ0) is 13.8. The molecule has 2 aromatic rings. The van der Waals surface area contributed by atoms with Crippen LogP contribution in [0.1, 0.15) is 27.1 Å². The number of hydrogen-bond acceptors (Lipinski definition) is 2. The Balaban J connectivity index is 2.15. The van der Waals surface area contributed by atoms with E-state index in [0.717, 1.165) is 12.1 Å². The van der Waals surface area contributed by atoms with Crippen LogP contribution in [0.15, 0.2) is 48.5 Å². The molecule has 0 N–H and O–H groups in total. The van der Waals surface area contributed by atoms with Gasteiger partial charge in [0, 0.05) is 17.2 Å². The second-order valence-corrected chi connectivity index (χ2v) is 4.05. The van der Waals surface area contributed by atoms with Gasteiger partial charge in [0.2, 0.25) is 0 Å². The van der Waals surface area contributed by atoms with Gasteiger partial charge in [0.1, 0.15) is 11.6 Å². The highest BCUT2D eigenvalue weighted by atomic mass is 19.1. The summed E-state index contributed by atoms with van der Waals surface area (Å²) in [5.41, 5.74) is 0.259. The summed E-state index contributed by atoms with van der Waals surface area (Å²) in [7, 11) is 0. The first kappa shape index (κ1) is 13.1. The maximum absolute atomic E-state index is 13.0. The van der Waals surface area contributed by atoms with E-state index in [0.29, 0.717) is 11.6 Å². The molecule has 2 nitrogen and oxygen atoms in total. The molecule has 0 atom stereocenters. The highest BCUT2D eigenvalue weighted by Crippen LogP contribution is 2.12. The standard InChI is InChI=1S/C15H10F2O2/c16-12-6-11(7-13(17)8-12)15(19)9-14(18)10-4-2-1-3-5-10/h1-8H,9H2. The van der Waals surface area contributed by atoms with Crippen molar-refractivity contribution in [1.29, 1.82) is 0 Å². The lowest BCUT2D eigenvalue weighted by Crippen LogP contribution is -2.09. The quantitative estimate of drug-likeness (QED) is 0.623. The highest BCUT2D eigenvalue weighted by Gasteiger charge is 2.15. The monoisotopic (exact) mass is 260 g/mol. The molecule has 0 saturated heterocycles. The largest absolute Gasteiger partial charge is 0.294 e. The van der Waals surface area contributed by atoms with Crippen molar-refractivity contribution in [2.45, 2.75) is 6.42 Å². The van der Waals surface area contributed by atoms with Crippen molar-refractivity contribution in [3.63, 3.8) is 0 Å². The molecule has 0 radical (unpaired) electrons. The Kier molecular flexibility index (Phi) is 3.80. The number of Topliss-reactive ketones (excluding diaryl/α,β-unsaturated/α-hetero) is 2. The van der Waals surface area contributed by atoms with Crippen molar-refractivity contribution in [2.75, 3.05) is 0 Å². The predicted molar refractivity (Wildman–Crippen MR) is 66.1 cm³/mol. The van der Waals surface area contributed by atoms with Gasteiger partial charge in [-0.05, 0) is 12.1 Å². The molecule has 0 saturated carbocycles. The van der Waals surface area contributed by atoms with E-state index >= 15 is 0 Å². The SMILES string of the molecule is O=C(CC(=O)c1cc(F)cc(F)c1)c1ccccc1. The van der Waals surface area contributed by atoms with E-state index in [1.165, 1.54) is 0 Å². The van der Waals surface area contributed by atoms with E-state index in [9.17, 15) is 18.4 Å². The summed E-state index contributed by atoms with van der Waals surface area (Å²) in [5, 5.41) is 0. The van der Waals surface area contributed by atoms with Gasteiger partial charge in [-0.15, -0.1) is 0 Å². The Morgan fingerprint density at radius 3 is 1.89 bits per heavy atom. The van der Waals surface area contributed by atoms with Gasteiger partial charge in [0.25, 0.3) is 0 Å². The lowest BCUT2D eigenvalue weighted by atomic mass is 10.0. The van der Waals surface area contributed by atoms with Crippen LogP contribution in [0, 0.1) is 11.6 Å². The van der Waals surface area contributed by atoms with Gasteiger partial charge in [-0.3, -0.25) is 9.59 Å². The molecule has 0 fully saturated rings. The first-order valence-corrected chi connectivity index (χ1v) is 5.64. The van der Waals surface area contributed by atoms with Gasteiger partial charge in [-0.2, -0.15) is 0 Å². The normalized spacial score (nSPS) is 10.2. The summed E-state index contributed by atoms with van der Waals surface area (Å²) < 4.78 is 25.9. The summed E-state index contributed by atoms with van der Waals surface area (Å²) in [6.07, 6.45) is -0.410.